The Balaban J connectivity index is 1.86. The summed E-state index contributed by atoms with van der Waals surface area (Å²) in [7, 11) is 0. The summed E-state index contributed by atoms with van der Waals surface area (Å²) in [6.45, 7) is 0. The van der Waals surface area contributed by atoms with Gasteiger partial charge in [-0.3, -0.25) is 0 Å². The Hall–Kier alpha value is -0.0400. The first kappa shape index (κ1) is 11.1. The third-order valence-corrected chi connectivity index (χ3v) is 5.94. The smallest absolute Gasteiger partial charge is 0.0601 e. The molecule has 3 aliphatic carbocycles. The molecule has 3 aliphatic rings. The van der Waals surface area contributed by atoms with Gasteiger partial charge in [-0.15, -0.1) is 0 Å². The molecule has 0 radical (unpaired) electrons. The van der Waals surface area contributed by atoms with Crippen molar-refractivity contribution in [1.29, 1.82) is 0 Å². The largest absolute Gasteiger partial charge is 0.393 e. The molecular formula is C15H26O. The molecule has 3 saturated carbocycles. The van der Waals surface area contributed by atoms with Crippen LogP contribution in [0.3, 0.4) is 0 Å². The van der Waals surface area contributed by atoms with E-state index in [0.29, 0.717) is 5.41 Å². The van der Waals surface area contributed by atoms with Crippen LogP contribution in [0.15, 0.2) is 0 Å². The Bertz CT molecular complexity index is 220. The first-order valence-electron chi connectivity index (χ1n) is 7.52. The maximum absolute atomic E-state index is 10.6. The van der Waals surface area contributed by atoms with E-state index in [-0.39, 0.29) is 6.10 Å². The van der Waals surface area contributed by atoms with E-state index in [9.17, 15) is 5.11 Å². The van der Waals surface area contributed by atoms with Crippen molar-refractivity contribution in [3.63, 3.8) is 0 Å². The maximum atomic E-state index is 10.6. The van der Waals surface area contributed by atoms with Crippen LogP contribution >= 0.6 is 0 Å². The van der Waals surface area contributed by atoms with Crippen molar-refractivity contribution in [2.45, 2.75) is 76.7 Å². The zero-order valence-electron chi connectivity index (χ0n) is 10.5. The van der Waals surface area contributed by atoms with Crippen LogP contribution < -0.4 is 0 Å². The maximum Gasteiger partial charge on any atom is 0.0601 e. The van der Waals surface area contributed by atoms with Crippen molar-refractivity contribution < 1.29 is 5.11 Å². The summed E-state index contributed by atoms with van der Waals surface area (Å²) in [6, 6.07) is 0. The SMILES string of the molecule is OC1CCCC1(C1CCCC1)C1CCCC1. The first-order chi connectivity index (χ1) is 7.84. The van der Waals surface area contributed by atoms with Crippen molar-refractivity contribution in [3.05, 3.63) is 0 Å². The van der Waals surface area contributed by atoms with Gasteiger partial charge in [0.2, 0.25) is 0 Å². The lowest BCUT2D eigenvalue weighted by molar-refractivity contribution is -0.0393. The van der Waals surface area contributed by atoms with Crippen LogP contribution in [-0.2, 0) is 0 Å². The van der Waals surface area contributed by atoms with Crippen LogP contribution in [0.1, 0.15) is 70.6 Å². The molecule has 0 heterocycles. The second-order valence-corrected chi connectivity index (χ2v) is 6.48. The highest BCUT2D eigenvalue weighted by Crippen LogP contribution is 2.58. The zero-order valence-corrected chi connectivity index (χ0v) is 10.5. The number of aliphatic hydroxyl groups is 1. The van der Waals surface area contributed by atoms with Crippen LogP contribution in [0.4, 0.5) is 0 Å². The van der Waals surface area contributed by atoms with Gasteiger partial charge in [0.05, 0.1) is 6.10 Å². The average Bonchev–Trinajstić information content (AvgIpc) is 2.98. The van der Waals surface area contributed by atoms with Crippen LogP contribution in [0.2, 0.25) is 0 Å². The molecule has 16 heavy (non-hydrogen) atoms. The predicted octanol–water partition coefficient (Wildman–Crippen LogP) is 3.90. The van der Waals surface area contributed by atoms with E-state index in [2.05, 4.69) is 0 Å². The summed E-state index contributed by atoms with van der Waals surface area (Å²) in [5.41, 5.74) is 0.368. The Morgan fingerprint density at radius 2 is 1.19 bits per heavy atom. The van der Waals surface area contributed by atoms with E-state index in [1.54, 1.807) is 0 Å². The summed E-state index contributed by atoms with van der Waals surface area (Å²) >= 11 is 0. The van der Waals surface area contributed by atoms with E-state index in [0.717, 1.165) is 18.3 Å². The van der Waals surface area contributed by atoms with Gasteiger partial charge < -0.3 is 5.11 Å². The van der Waals surface area contributed by atoms with E-state index in [4.69, 9.17) is 0 Å². The fourth-order valence-corrected chi connectivity index (χ4v) is 5.25. The molecule has 0 spiro atoms. The summed E-state index contributed by atoms with van der Waals surface area (Å²) < 4.78 is 0. The second-order valence-electron chi connectivity index (χ2n) is 6.48. The lowest BCUT2D eigenvalue weighted by Crippen LogP contribution is -2.42. The van der Waals surface area contributed by atoms with Gasteiger partial charge in [-0.25, -0.2) is 0 Å². The van der Waals surface area contributed by atoms with Crippen molar-refractivity contribution in [2.24, 2.45) is 17.3 Å². The van der Waals surface area contributed by atoms with Crippen molar-refractivity contribution in [2.75, 3.05) is 0 Å². The monoisotopic (exact) mass is 222 g/mol. The van der Waals surface area contributed by atoms with E-state index in [1.807, 2.05) is 0 Å². The minimum atomic E-state index is 0.0405. The van der Waals surface area contributed by atoms with Crippen molar-refractivity contribution >= 4 is 0 Å². The van der Waals surface area contributed by atoms with E-state index < -0.39 is 0 Å². The van der Waals surface area contributed by atoms with Crippen LogP contribution in [0.5, 0.6) is 0 Å². The highest BCUT2D eigenvalue weighted by molar-refractivity contribution is 5.03. The van der Waals surface area contributed by atoms with Gasteiger partial charge in [-0.1, -0.05) is 32.1 Å². The fourth-order valence-electron chi connectivity index (χ4n) is 5.25. The minimum Gasteiger partial charge on any atom is -0.393 e. The normalized spacial score (nSPS) is 36.2. The molecule has 1 N–H and O–H groups in total. The van der Waals surface area contributed by atoms with Crippen LogP contribution in [0.25, 0.3) is 0 Å². The van der Waals surface area contributed by atoms with Crippen molar-refractivity contribution in [1.82, 2.24) is 0 Å². The fraction of sp³-hybridized carbons (Fsp3) is 1.00. The quantitative estimate of drug-likeness (QED) is 0.751. The third kappa shape index (κ3) is 1.54. The molecule has 0 bridgehead atoms. The standard InChI is InChI=1S/C15H26O/c16-14-10-5-11-15(14,12-6-1-2-7-12)13-8-3-4-9-13/h12-14,16H,1-11H2. The second kappa shape index (κ2) is 4.33. The highest BCUT2D eigenvalue weighted by Gasteiger charge is 2.53. The Kier molecular flexibility index (Phi) is 2.99. The molecule has 3 rings (SSSR count). The predicted molar refractivity (Wildman–Crippen MR) is 66.2 cm³/mol. The van der Waals surface area contributed by atoms with E-state index in [1.165, 1.54) is 64.2 Å². The lowest BCUT2D eigenvalue weighted by atomic mass is 9.62. The number of hydrogen-bond acceptors (Lipinski definition) is 1. The first-order valence-corrected chi connectivity index (χ1v) is 7.52. The summed E-state index contributed by atoms with van der Waals surface area (Å²) in [5.74, 6) is 1.74. The van der Waals surface area contributed by atoms with Gasteiger partial charge >= 0.3 is 0 Å². The Morgan fingerprint density at radius 1 is 0.688 bits per heavy atom. The molecule has 1 heteroatoms. The molecule has 0 amide bonds. The van der Waals surface area contributed by atoms with Gasteiger partial charge in [0.15, 0.2) is 0 Å². The molecule has 92 valence electrons. The van der Waals surface area contributed by atoms with Gasteiger partial charge in [0.1, 0.15) is 0 Å². The highest BCUT2D eigenvalue weighted by atomic mass is 16.3. The molecule has 1 unspecified atom stereocenters. The van der Waals surface area contributed by atoms with Gasteiger partial charge in [0, 0.05) is 5.41 Å². The van der Waals surface area contributed by atoms with Gasteiger partial charge in [-0.05, 0) is 50.4 Å². The number of rotatable bonds is 2. The summed E-state index contributed by atoms with van der Waals surface area (Å²) in [6.07, 6.45) is 15.1. The molecule has 0 aromatic heterocycles. The molecule has 0 aromatic rings. The molecule has 0 aromatic carbocycles. The van der Waals surface area contributed by atoms with Gasteiger partial charge in [0.25, 0.3) is 0 Å². The van der Waals surface area contributed by atoms with E-state index >= 15 is 0 Å². The number of hydrogen-bond donors (Lipinski definition) is 1. The van der Waals surface area contributed by atoms with Crippen LogP contribution in [-0.4, -0.2) is 11.2 Å². The molecule has 1 atom stereocenters. The number of aliphatic hydroxyl groups excluding tert-OH is 1. The van der Waals surface area contributed by atoms with Crippen LogP contribution in [0, 0.1) is 17.3 Å². The average molecular weight is 222 g/mol. The summed E-state index contributed by atoms with van der Waals surface area (Å²) in [4.78, 5) is 0. The molecule has 1 nitrogen and oxygen atoms in total. The zero-order chi connectivity index (χ0) is 11.0. The molecule has 3 fully saturated rings. The van der Waals surface area contributed by atoms with Crippen molar-refractivity contribution in [3.8, 4) is 0 Å². The topological polar surface area (TPSA) is 20.2 Å². The third-order valence-electron chi connectivity index (χ3n) is 5.94. The summed E-state index contributed by atoms with van der Waals surface area (Å²) in [5, 5.41) is 10.6. The Labute approximate surface area is 99.6 Å². The molecular weight excluding hydrogens is 196 g/mol. The van der Waals surface area contributed by atoms with Gasteiger partial charge in [-0.2, -0.15) is 0 Å². The lowest BCUT2D eigenvalue weighted by Gasteiger charge is -2.44. The molecule has 0 saturated heterocycles. The Morgan fingerprint density at radius 3 is 1.56 bits per heavy atom. The molecule has 0 aliphatic heterocycles. The minimum absolute atomic E-state index is 0.0405.